The molecule has 0 unspecified atom stereocenters. The second-order valence-electron chi connectivity index (χ2n) is 2.46. The summed E-state index contributed by atoms with van der Waals surface area (Å²) in [6, 6.07) is 0. The van der Waals surface area contributed by atoms with Crippen LogP contribution in [0.5, 0.6) is 0 Å². The van der Waals surface area contributed by atoms with E-state index < -0.39 is 16.3 Å². The van der Waals surface area contributed by atoms with Crippen LogP contribution in [0.4, 0.5) is 0 Å². The van der Waals surface area contributed by atoms with Crippen LogP contribution in [0.3, 0.4) is 0 Å². The van der Waals surface area contributed by atoms with E-state index in [-0.39, 0.29) is 5.57 Å². The van der Waals surface area contributed by atoms with Crippen molar-refractivity contribution in [2.24, 2.45) is 0 Å². The quantitative estimate of drug-likeness (QED) is 0.365. The van der Waals surface area contributed by atoms with Gasteiger partial charge in [-0.05, 0) is 11.3 Å². The van der Waals surface area contributed by atoms with Crippen molar-refractivity contribution >= 4 is 16.3 Å². The zero-order valence-corrected chi connectivity index (χ0v) is 8.42. The maximum Gasteiger partial charge on any atom is 0.373 e. The molecular formula is C6H11NO5S. The molecule has 0 radical (unpaired) electrons. The lowest BCUT2D eigenvalue weighted by atomic mass is 10.4. The lowest BCUT2D eigenvalue weighted by Gasteiger charge is -2.08. The van der Waals surface area contributed by atoms with E-state index in [1.54, 1.807) is 0 Å². The molecule has 0 rings (SSSR count). The molecule has 0 atom stereocenters. The molecular weight excluding hydrogens is 198 g/mol. The fourth-order valence-corrected chi connectivity index (χ4v) is 0.475. The van der Waals surface area contributed by atoms with Gasteiger partial charge in [-0.25, -0.2) is 4.79 Å². The zero-order chi connectivity index (χ0) is 10.6. The highest BCUT2D eigenvalue weighted by Crippen LogP contribution is 2.00. The topological polar surface area (TPSA) is 72.9 Å². The van der Waals surface area contributed by atoms with Gasteiger partial charge in [-0.1, -0.05) is 6.58 Å². The predicted molar refractivity (Wildman–Crippen MR) is 44.6 cm³/mol. The van der Waals surface area contributed by atoms with Crippen molar-refractivity contribution in [1.82, 2.24) is 4.31 Å². The maximum absolute atomic E-state index is 10.9. The first-order valence-electron chi connectivity index (χ1n) is 3.26. The Morgan fingerprint density at radius 1 is 1.38 bits per heavy atom. The largest absolute Gasteiger partial charge is 0.373 e. The van der Waals surface area contributed by atoms with Gasteiger partial charge < -0.3 is 0 Å². The summed E-state index contributed by atoms with van der Waals surface area (Å²) in [6.45, 7) is 4.61. The molecule has 0 aliphatic heterocycles. The average Bonchev–Trinajstić information content (AvgIpc) is 1.99. The van der Waals surface area contributed by atoms with Crippen molar-refractivity contribution in [1.29, 1.82) is 0 Å². The first kappa shape index (κ1) is 12.1. The number of hydrogen-bond donors (Lipinski definition) is 0. The van der Waals surface area contributed by atoms with Crippen LogP contribution in [0.15, 0.2) is 12.2 Å². The summed E-state index contributed by atoms with van der Waals surface area (Å²) in [6.07, 6.45) is 0. The molecule has 0 N–H and O–H groups in total. The molecule has 0 aromatic carbocycles. The van der Waals surface area contributed by atoms with Crippen molar-refractivity contribution in [2.75, 3.05) is 14.1 Å². The fraction of sp³-hybridized carbons (Fsp3) is 0.500. The summed E-state index contributed by atoms with van der Waals surface area (Å²) in [5, 5.41) is 0. The van der Waals surface area contributed by atoms with Gasteiger partial charge in [0.1, 0.15) is 0 Å². The first-order valence-corrected chi connectivity index (χ1v) is 4.62. The lowest BCUT2D eigenvalue weighted by molar-refractivity contribution is -0.207. The van der Waals surface area contributed by atoms with Crippen LogP contribution >= 0.6 is 0 Å². The number of nitrogens with zero attached hydrogens (tertiary/aromatic N) is 1. The zero-order valence-electron chi connectivity index (χ0n) is 7.60. The van der Waals surface area contributed by atoms with E-state index >= 15 is 0 Å². The molecule has 0 spiro atoms. The van der Waals surface area contributed by atoms with Gasteiger partial charge >= 0.3 is 16.3 Å². The molecule has 0 saturated carbocycles. The molecule has 76 valence electrons. The Kier molecular flexibility index (Phi) is 4.05. The molecule has 0 aromatic heterocycles. The highest BCUT2D eigenvalue weighted by atomic mass is 32.2. The third kappa shape index (κ3) is 4.02. The van der Waals surface area contributed by atoms with Crippen LogP contribution < -0.4 is 0 Å². The van der Waals surface area contributed by atoms with Gasteiger partial charge in [0.05, 0.1) is 0 Å². The molecule has 0 bridgehead atoms. The van der Waals surface area contributed by atoms with Gasteiger partial charge in [-0.15, -0.1) is 0 Å². The molecule has 0 fully saturated rings. The summed E-state index contributed by atoms with van der Waals surface area (Å²) in [5.74, 6) is -0.926. The SMILES string of the molecule is C=C(C)C(=O)OOS(=O)(=O)N(C)C. The first-order chi connectivity index (χ1) is 5.77. The normalized spacial score (nSPS) is 11.4. The van der Waals surface area contributed by atoms with Crippen LogP contribution in [0, 0.1) is 0 Å². The number of rotatable bonds is 4. The van der Waals surface area contributed by atoms with Crippen molar-refractivity contribution in [3.8, 4) is 0 Å². The monoisotopic (exact) mass is 209 g/mol. The molecule has 0 amide bonds. The van der Waals surface area contributed by atoms with E-state index in [1.165, 1.54) is 21.0 Å². The molecule has 0 aliphatic carbocycles. The minimum Gasteiger partial charge on any atom is -0.275 e. The standard InChI is InChI=1S/C6H11NO5S/c1-5(2)6(8)11-12-13(9,10)7(3)4/h1H2,2-4H3. The fourth-order valence-electron chi connectivity index (χ4n) is 0.206. The van der Waals surface area contributed by atoms with Gasteiger partial charge in [0.15, 0.2) is 0 Å². The van der Waals surface area contributed by atoms with Gasteiger partial charge in [0.25, 0.3) is 0 Å². The Bertz CT molecular complexity index is 305. The van der Waals surface area contributed by atoms with Crippen molar-refractivity contribution in [2.45, 2.75) is 6.92 Å². The maximum atomic E-state index is 10.9. The Morgan fingerprint density at radius 2 is 1.85 bits per heavy atom. The third-order valence-corrected chi connectivity index (χ3v) is 2.13. The molecule has 0 aliphatic rings. The molecule has 0 aromatic rings. The van der Waals surface area contributed by atoms with E-state index in [1.807, 2.05) is 0 Å². The molecule has 13 heavy (non-hydrogen) atoms. The van der Waals surface area contributed by atoms with Gasteiger partial charge in [-0.3, -0.25) is 4.89 Å². The highest BCUT2D eigenvalue weighted by molar-refractivity contribution is 7.84. The van der Waals surface area contributed by atoms with Crippen molar-refractivity contribution in [3.63, 3.8) is 0 Å². The van der Waals surface area contributed by atoms with E-state index in [4.69, 9.17) is 0 Å². The van der Waals surface area contributed by atoms with Crippen LogP contribution in [-0.4, -0.2) is 32.8 Å². The average molecular weight is 209 g/mol. The molecule has 0 heterocycles. The van der Waals surface area contributed by atoms with Gasteiger partial charge in [0.2, 0.25) is 0 Å². The summed E-state index contributed by atoms with van der Waals surface area (Å²) < 4.78 is 26.4. The van der Waals surface area contributed by atoms with Crippen molar-refractivity contribution in [3.05, 3.63) is 12.2 Å². The third-order valence-electron chi connectivity index (χ3n) is 0.991. The van der Waals surface area contributed by atoms with Gasteiger partial charge in [0, 0.05) is 19.7 Å². The smallest absolute Gasteiger partial charge is 0.275 e. The Hall–Kier alpha value is -0.920. The minimum absolute atomic E-state index is 0.0500. The number of carbonyl (C=O) groups is 1. The van der Waals surface area contributed by atoms with E-state index in [9.17, 15) is 13.2 Å². The molecule has 6 nitrogen and oxygen atoms in total. The van der Waals surface area contributed by atoms with Crippen molar-refractivity contribution < 1.29 is 22.4 Å². The highest BCUT2D eigenvalue weighted by Gasteiger charge is 2.18. The second-order valence-corrected chi connectivity index (χ2v) is 4.18. The predicted octanol–water partition coefficient (Wildman–Crippen LogP) is -0.156. The Morgan fingerprint density at radius 3 is 2.15 bits per heavy atom. The summed E-state index contributed by atoms with van der Waals surface area (Å²) in [5.41, 5.74) is 0.0500. The van der Waals surface area contributed by atoms with Crippen LogP contribution in [0.1, 0.15) is 6.92 Å². The van der Waals surface area contributed by atoms with Crippen LogP contribution in [-0.2, 0) is 24.3 Å². The summed E-state index contributed by atoms with van der Waals surface area (Å²) in [7, 11) is -1.50. The summed E-state index contributed by atoms with van der Waals surface area (Å²) in [4.78, 5) is 14.6. The van der Waals surface area contributed by atoms with Gasteiger partial charge in [-0.2, -0.15) is 12.7 Å². The van der Waals surface area contributed by atoms with E-state index in [0.29, 0.717) is 0 Å². The van der Waals surface area contributed by atoms with E-state index in [0.717, 1.165) is 4.31 Å². The second kappa shape index (κ2) is 4.35. The molecule has 7 heteroatoms. The minimum atomic E-state index is -3.98. The van der Waals surface area contributed by atoms with Crippen LogP contribution in [0.25, 0.3) is 0 Å². The Balaban J connectivity index is 4.20. The molecule has 0 saturated heterocycles. The Labute approximate surface area is 76.9 Å². The van der Waals surface area contributed by atoms with Crippen LogP contribution in [0.2, 0.25) is 0 Å². The van der Waals surface area contributed by atoms with E-state index in [2.05, 4.69) is 15.8 Å². The number of hydrogen-bond acceptors (Lipinski definition) is 5. The summed E-state index contributed by atoms with van der Waals surface area (Å²) >= 11 is 0. The lowest BCUT2D eigenvalue weighted by Crippen LogP contribution is -2.25. The number of carbonyl (C=O) groups excluding carboxylic acids is 1.